The number of ether oxygens (including phenoxy) is 1. The van der Waals surface area contributed by atoms with Gasteiger partial charge in [0.2, 0.25) is 11.4 Å². The van der Waals surface area contributed by atoms with Crippen molar-refractivity contribution in [3.8, 4) is 39.7 Å². The summed E-state index contributed by atoms with van der Waals surface area (Å²) in [6, 6.07) is 9.37. The molecule has 1 amide bonds. The van der Waals surface area contributed by atoms with Gasteiger partial charge in [-0.1, -0.05) is 6.58 Å². The Morgan fingerprint density at radius 3 is 2.73 bits per heavy atom. The molecule has 0 aliphatic carbocycles. The molecule has 9 nitrogen and oxygen atoms in total. The van der Waals surface area contributed by atoms with Crippen LogP contribution in [0.5, 0.6) is 5.75 Å². The number of benzene rings is 1. The minimum atomic E-state index is -1.12. The molecule has 0 atom stereocenters. The third-order valence-electron chi connectivity index (χ3n) is 5.95. The SMILES string of the molecule is C=C(F)C(=O)NCc1nc(-c2nc(-c3ccc(=O)n(C)c3)c3ccsc3c2-c2ccc(F)cc2OC(C)C)n[nH]1. The van der Waals surface area contributed by atoms with Crippen molar-refractivity contribution in [1.82, 2.24) is 30.0 Å². The molecule has 1 aromatic carbocycles. The Kier molecular flexibility index (Phi) is 7.26. The summed E-state index contributed by atoms with van der Waals surface area (Å²) in [6.07, 6.45) is 1.46. The highest BCUT2D eigenvalue weighted by molar-refractivity contribution is 7.18. The van der Waals surface area contributed by atoms with Crippen LogP contribution in [-0.4, -0.2) is 36.7 Å². The van der Waals surface area contributed by atoms with Crippen LogP contribution in [-0.2, 0) is 18.4 Å². The molecule has 0 aliphatic heterocycles. The van der Waals surface area contributed by atoms with Gasteiger partial charge in [-0.3, -0.25) is 14.7 Å². The lowest BCUT2D eigenvalue weighted by molar-refractivity contribution is -0.119. The average Bonchev–Trinajstić information content (AvgIpc) is 3.58. The van der Waals surface area contributed by atoms with Gasteiger partial charge >= 0.3 is 0 Å². The second-order valence-corrected chi connectivity index (χ2v) is 10.1. The lowest BCUT2D eigenvalue weighted by Crippen LogP contribution is -2.23. The fourth-order valence-electron chi connectivity index (χ4n) is 4.18. The molecule has 0 saturated heterocycles. The summed E-state index contributed by atoms with van der Waals surface area (Å²) in [5.74, 6) is -1.77. The maximum absolute atomic E-state index is 14.3. The van der Waals surface area contributed by atoms with E-state index in [2.05, 4.69) is 27.1 Å². The molecule has 40 heavy (non-hydrogen) atoms. The Hall–Kier alpha value is -4.71. The van der Waals surface area contributed by atoms with Crippen LogP contribution in [0, 0.1) is 5.82 Å². The van der Waals surface area contributed by atoms with E-state index in [1.807, 2.05) is 25.3 Å². The van der Waals surface area contributed by atoms with Gasteiger partial charge in [0.05, 0.1) is 18.3 Å². The number of thiophene rings is 1. The van der Waals surface area contributed by atoms with Gasteiger partial charge in [-0.25, -0.2) is 18.7 Å². The summed E-state index contributed by atoms with van der Waals surface area (Å²) < 4.78 is 35.7. The van der Waals surface area contributed by atoms with Crippen LogP contribution in [0.3, 0.4) is 0 Å². The van der Waals surface area contributed by atoms with Crippen LogP contribution >= 0.6 is 11.3 Å². The summed E-state index contributed by atoms with van der Waals surface area (Å²) in [5, 5.41) is 12.2. The number of nitrogens with one attached hydrogen (secondary N) is 2. The van der Waals surface area contributed by atoms with Crippen molar-refractivity contribution in [1.29, 1.82) is 0 Å². The summed E-state index contributed by atoms with van der Waals surface area (Å²) in [7, 11) is 1.65. The fourth-order valence-corrected chi connectivity index (χ4v) is 5.14. The van der Waals surface area contributed by atoms with Crippen LogP contribution in [0.1, 0.15) is 19.7 Å². The highest BCUT2D eigenvalue weighted by Gasteiger charge is 2.25. The number of halogens is 2. The second-order valence-electron chi connectivity index (χ2n) is 9.21. The Labute approximate surface area is 231 Å². The molecule has 0 radical (unpaired) electrons. The number of H-pyrrole nitrogens is 1. The molecule has 5 aromatic rings. The molecule has 204 valence electrons. The standard InChI is InChI=1S/C28H24F2N6O3S/c1-14(2)39-20-11-17(30)6-7-18(20)23-25(27-32-21(34-35-27)12-31-28(38)15(3)29)33-24(19-9-10-40-26(19)23)16-5-8-22(37)36(4)13-16/h5-11,13-14H,3,12H2,1-2,4H3,(H,31,38)(H,32,34,35). The monoisotopic (exact) mass is 562 g/mol. The van der Waals surface area contributed by atoms with Crippen LogP contribution in [0.4, 0.5) is 8.78 Å². The first-order valence-electron chi connectivity index (χ1n) is 12.2. The van der Waals surface area contributed by atoms with Gasteiger partial charge < -0.3 is 14.6 Å². The molecular formula is C28H24F2N6O3S. The first-order valence-corrected chi connectivity index (χ1v) is 13.1. The lowest BCUT2D eigenvalue weighted by atomic mass is 9.98. The maximum Gasteiger partial charge on any atom is 0.279 e. The van der Waals surface area contributed by atoms with E-state index in [-0.39, 0.29) is 29.9 Å². The third-order valence-corrected chi connectivity index (χ3v) is 6.88. The molecule has 0 unspecified atom stereocenters. The fraction of sp³-hybridized carbons (Fsp3) is 0.179. The first-order chi connectivity index (χ1) is 19.1. The maximum atomic E-state index is 14.3. The largest absolute Gasteiger partial charge is 0.490 e. The number of aromatic amines is 1. The van der Waals surface area contributed by atoms with Crippen molar-refractivity contribution in [2.24, 2.45) is 7.05 Å². The van der Waals surface area contributed by atoms with Crippen molar-refractivity contribution in [3.63, 3.8) is 0 Å². The number of rotatable bonds is 8. The number of hydrogen-bond acceptors (Lipinski definition) is 7. The van der Waals surface area contributed by atoms with Gasteiger partial charge in [-0.15, -0.1) is 11.3 Å². The number of hydrogen-bond donors (Lipinski definition) is 2. The third kappa shape index (κ3) is 5.25. The average molecular weight is 563 g/mol. The van der Waals surface area contributed by atoms with Crippen LogP contribution in [0.2, 0.25) is 0 Å². The number of carbonyl (C=O) groups is 1. The van der Waals surface area contributed by atoms with Gasteiger partial charge in [0.25, 0.3) is 5.91 Å². The summed E-state index contributed by atoms with van der Waals surface area (Å²) in [6.45, 7) is 6.55. The molecule has 5 rings (SSSR count). The Morgan fingerprint density at radius 2 is 2.00 bits per heavy atom. The van der Waals surface area contributed by atoms with E-state index in [1.165, 1.54) is 34.1 Å². The van der Waals surface area contributed by atoms with Gasteiger partial charge in [0, 0.05) is 52.2 Å². The Bertz CT molecular complexity index is 1820. The Balaban J connectivity index is 1.76. The zero-order valence-corrected chi connectivity index (χ0v) is 22.6. The minimum absolute atomic E-state index is 0.128. The predicted octanol–water partition coefficient (Wildman–Crippen LogP) is 5.14. The van der Waals surface area contributed by atoms with E-state index in [0.29, 0.717) is 33.8 Å². The highest BCUT2D eigenvalue weighted by Crippen LogP contribution is 2.45. The predicted molar refractivity (Wildman–Crippen MR) is 149 cm³/mol. The number of amides is 1. The lowest BCUT2D eigenvalue weighted by Gasteiger charge is -2.18. The zero-order chi connectivity index (χ0) is 28.6. The highest BCUT2D eigenvalue weighted by atomic mass is 32.1. The topological polar surface area (TPSA) is 115 Å². The summed E-state index contributed by atoms with van der Waals surface area (Å²) in [5.41, 5.74) is 2.70. The molecule has 0 spiro atoms. The quantitative estimate of drug-likeness (QED) is 0.253. The molecule has 0 aliphatic rings. The van der Waals surface area contributed by atoms with Crippen LogP contribution in [0.25, 0.3) is 44.0 Å². The first kappa shape index (κ1) is 26.9. The molecule has 0 bridgehead atoms. The minimum Gasteiger partial charge on any atom is -0.490 e. The number of aromatic nitrogens is 5. The van der Waals surface area contributed by atoms with Crippen molar-refractivity contribution in [2.75, 3.05) is 0 Å². The van der Waals surface area contributed by atoms with Gasteiger partial charge in [0.15, 0.2) is 5.83 Å². The van der Waals surface area contributed by atoms with Gasteiger partial charge in [-0.2, -0.15) is 5.10 Å². The van der Waals surface area contributed by atoms with E-state index in [1.54, 1.807) is 25.4 Å². The molecule has 4 aromatic heterocycles. The Morgan fingerprint density at radius 1 is 1.20 bits per heavy atom. The zero-order valence-electron chi connectivity index (χ0n) is 21.8. The van der Waals surface area contributed by atoms with Crippen molar-refractivity contribution < 1.29 is 18.3 Å². The van der Waals surface area contributed by atoms with E-state index in [4.69, 9.17) is 9.72 Å². The number of nitrogens with zero attached hydrogens (tertiary/aromatic N) is 4. The molecule has 0 fully saturated rings. The number of pyridine rings is 2. The number of aryl methyl sites for hydroxylation is 1. The van der Waals surface area contributed by atoms with E-state index >= 15 is 0 Å². The normalized spacial score (nSPS) is 11.2. The van der Waals surface area contributed by atoms with Gasteiger partial charge in [0.1, 0.15) is 23.1 Å². The molecule has 0 saturated carbocycles. The summed E-state index contributed by atoms with van der Waals surface area (Å²) in [4.78, 5) is 33.2. The second kappa shape index (κ2) is 10.8. The smallest absolute Gasteiger partial charge is 0.279 e. The molecule has 4 heterocycles. The number of fused-ring (bicyclic) bond motifs is 1. The van der Waals surface area contributed by atoms with E-state index in [0.717, 1.165) is 10.1 Å². The molecule has 12 heteroatoms. The van der Waals surface area contributed by atoms with Crippen molar-refractivity contribution >= 4 is 27.3 Å². The van der Waals surface area contributed by atoms with Gasteiger partial charge in [-0.05, 0) is 43.5 Å². The van der Waals surface area contributed by atoms with Crippen LogP contribution in [0.15, 0.2) is 65.2 Å². The molecule has 2 N–H and O–H groups in total. The van der Waals surface area contributed by atoms with E-state index in [9.17, 15) is 18.4 Å². The van der Waals surface area contributed by atoms with Crippen molar-refractivity contribution in [2.45, 2.75) is 26.5 Å². The van der Waals surface area contributed by atoms with Crippen LogP contribution < -0.4 is 15.6 Å². The van der Waals surface area contributed by atoms with Crippen molar-refractivity contribution in [3.05, 3.63) is 82.4 Å². The molecular weight excluding hydrogens is 538 g/mol. The summed E-state index contributed by atoms with van der Waals surface area (Å²) >= 11 is 1.46. The van der Waals surface area contributed by atoms with E-state index < -0.39 is 17.6 Å². The number of carbonyl (C=O) groups excluding carboxylic acids is 1.